The van der Waals surface area contributed by atoms with Gasteiger partial charge in [0.2, 0.25) is 0 Å². The molecule has 52 valence electrons. The molecule has 1 rings (SSSR count). The number of hydrogen-bond donors (Lipinski definition) is 0. The van der Waals surface area contributed by atoms with Crippen LogP contribution in [0.15, 0.2) is 12.7 Å². The van der Waals surface area contributed by atoms with Gasteiger partial charge in [-0.2, -0.15) is 0 Å². The third-order valence-electron chi connectivity index (χ3n) is 0.596. The molecule has 0 bridgehead atoms. The molecule has 0 N–H and O–H groups in total. The molecule has 0 amide bonds. The molecule has 1 heterocycles. The predicted octanol–water partition coefficient (Wildman–Crippen LogP) is 4.68. The van der Waals surface area contributed by atoms with Crippen molar-refractivity contribution in [2.24, 2.45) is 0 Å². The molecular formula is C4Br4SZn. The van der Waals surface area contributed by atoms with Crippen molar-refractivity contribution in [3.8, 4) is 0 Å². The van der Waals surface area contributed by atoms with Gasteiger partial charge in [-0.05, 0) is 0 Å². The standard InChI is InChI=1S/C4Br3S.BrH.Zn/c5-2-1-8-4(7)3(2)6;;/h;1H;/q-1;;+2/p-1. The molecule has 6 heteroatoms. The molecule has 1 aromatic rings. The Morgan fingerprint density at radius 2 is 1.70 bits per heavy atom. The van der Waals surface area contributed by atoms with Crippen LogP contribution in [0.3, 0.4) is 0 Å². The van der Waals surface area contributed by atoms with Gasteiger partial charge >= 0.3 is 30.0 Å². The summed E-state index contributed by atoms with van der Waals surface area (Å²) in [6.45, 7) is 0. The summed E-state index contributed by atoms with van der Waals surface area (Å²) < 4.78 is 3.10. The van der Waals surface area contributed by atoms with Crippen LogP contribution in [0.2, 0.25) is 0 Å². The van der Waals surface area contributed by atoms with Crippen molar-refractivity contribution >= 4 is 72.7 Å². The zero-order chi connectivity index (χ0) is 8.15. The minimum atomic E-state index is 0.981. The Morgan fingerprint density at radius 1 is 1.20 bits per heavy atom. The van der Waals surface area contributed by atoms with Crippen LogP contribution >= 0.6 is 72.7 Å². The van der Waals surface area contributed by atoms with Crippen molar-refractivity contribution in [3.63, 3.8) is 0 Å². The van der Waals surface area contributed by atoms with Crippen LogP contribution in [0.5, 0.6) is 0 Å². The Hall–Kier alpha value is 2.24. The van der Waals surface area contributed by atoms with Crippen molar-refractivity contribution in [1.82, 2.24) is 0 Å². The average molecular weight is 465 g/mol. The number of hydrogen-bond acceptors (Lipinski definition) is 1. The fraction of sp³-hybridized carbons (Fsp3) is 0. The summed E-state index contributed by atoms with van der Waals surface area (Å²) in [5.74, 6) is 0. The molecule has 0 saturated carbocycles. The molecular weight excluding hydrogens is 465 g/mol. The van der Waals surface area contributed by atoms with Gasteiger partial charge < -0.3 is 0 Å². The van der Waals surface area contributed by atoms with Crippen LogP contribution in [0.1, 0.15) is 0 Å². The fourth-order valence-corrected chi connectivity index (χ4v) is 2.49. The van der Waals surface area contributed by atoms with E-state index in [1.54, 1.807) is 0 Å². The molecule has 0 radical (unpaired) electrons. The topological polar surface area (TPSA) is 0 Å². The van der Waals surface area contributed by atoms with E-state index in [0.717, 1.165) is 12.7 Å². The van der Waals surface area contributed by atoms with Crippen LogP contribution in [0.4, 0.5) is 0 Å². The van der Waals surface area contributed by atoms with E-state index in [-0.39, 0.29) is 0 Å². The summed E-state index contributed by atoms with van der Waals surface area (Å²) in [4.78, 5) is 0. The Balaban J connectivity index is 0.000000371. The van der Waals surface area contributed by atoms with E-state index in [4.69, 9.17) is 0 Å². The molecule has 0 nitrogen and oxygen atoms in total. The second-order valence-corrected chi connectivity index (χ2v) is 4.83. The van der Waals surface area contributed by atoms with E-state index in [0.29, 0.717) is 0 Å². The first-order valence-electron chi connectivity index (χ1n) is 1.99. The van der Waals surface area contributed by atoms with Crippen molar-refractivity contribution < 1.29 is 16.3 Å². The van der Waals surface area contributed by atoms with Gasteiger partial charge in [-0.15, -0.1) is 37.2 Å². The predicted molar refractivity (Wildman–Crippen MR) is 55.2 cm³/mol. The van der Waals surface area contributed by atoms with Crippen LogP contribution < -0.4 is 0 Å². The van der Waals surface area contributed by atoms with Crippen LogP contribution in [-0.4, -0.2) is 0 Å². The molecule has 0 saturated heterocycles. The summed E-state index contributed by atoms with van der Waals surface area (Å²) in [6.07, 6.45) is 0. The minimum absolute atomic E-state index is 0.981. The number of rotatable bonds is 0. The first kappa shape index (κ1) is 12.2. The van der Waals surface area contributed by atoms with Gasteiger partial charge in [-0.1, -0.05) is 28.7 Å². The summed E-state index contributed by atoms with van der Waals surface area (Å²) >= 11 is 15.7. The average Bonchev–Trinajstić information content (AvgIpc) is 2.25. The zero-order valence-corrected chi connectivity index (χ0v) is 14.8. The fourth-order valence-electron chi connectivity index (χ4n) is 0.265. The van der Waals surface area contributed by atoms with Gasteiger partial charge in [-0.25, -0.2) is 0 Å². The zero-order valence-electron chi connectivity index (χ0n) is 4.63. The third-order valence-corrected chi connectivity index (χ3v) is 5.14. The van der Waals surface area contributed by atoms with Crippen molar-refractivity contribution in [1.29, 1.82) is 0 Å². The summed E-state index contributed by atoms with van der Waals surface area (Å²) in [6, 6.07) is 0. The second-order valence-electron chi connectivity index (χ2n) is 1.11. The van der Waals surface area contributed by atoms with E-state index in [2.05, 4.69) is 66.8 Å². The molecule has 0 aliphatic heterocycles. The number of halogens is 4. The van der Waals surface area contributed by atoms with Crippen molar-refractivity contribution in [2.75, 3.05) is 0 Å². The van der Waals surface area contributed by atoms with Gasteiger partial charge in [-0.3, -0.25) is 11.3 Å². The molecule has 0 atom stereocenters. The quantitative estimate of drug-likeness (QED) is 0.386. The maximum absolute atomic E-state index is 3.33. The molecule has 0 spiro atoms. The van der Waals surface area contributed by atoms with Crippen LogP contribution in [-0.2, 0) is 16.3 Å². The maximum atomic E-state index is 3.33. The SMILES string of the molecule is Brc1[c-]sc(Br)c1Br.[Zn+][Br]. The summed E-state index contributed by atoms with van der Waals surface area (Å²) in [7, 11) is 0. The first-order valence-corrected chi connectivity index (χ1v) is 12.1. The molecule has 0 aromatic carbocycles. The van der Waals surface area contributed by atoms with Crippen LogP contribution in [0.25, 0.3) is 0 Å². The monoisotopic (exact) mass is 460 g/mol. The molecule has 1 aromatic heterocycles. The molecule has 0 aliphatic carbocycles. The van der Waals surface area contributed by atoms with Gasteiger partial charge in [0.1, 0.15) is 0 Å². The van der Waals surface area contributed by atoms with Gasteiger partial charge in [0.25, 0.3) is 0 Å². The first-order chi connectivity index (χ1) is 4.72. The second kappa shape index (κ2) is 6.73. The van der Waals surface area contributed by atoms with E-state index >= 15 is 0 Å². The third kappa shape index (κ3) is 3.77. The van der Waals surface area contributed by atoms with Gasteiger partial charge in [0.15, 0.2) is 0 Å². The Morgan fingerprint density at radius 3 is 1.80 bits per heavy atom. The normalized spacial score (nSPS) is 8.60. The van der Waals surface area contributed by atoms with E-state index in [9.17, 15) is 0 Å². The number of thiophene rings is 1. The van der Waals surface area contributed by atoms with E-state index in [1.807, 2.05) is 0 Å². The van der Waals surface area contributed by atoms with E-state index in [1.165, 1.54) is 27.7 Å². The molecule has 10 heavy (non-hydrogen) atoms. The molecule has 0 aliphatic rings. The van der Waals surface area contributed by atoms with Gasteiger partial charge in [0, 0.05) is 0 Å². The summed E-state index contributed by atoms with van der Waals surface area (Å²) in [5, 5.41) is 3.00. The van der Waals surface area contributed by atoms with Gasteiger partial charge in [0.05, 0.1) is 0 Å². The molecule has 0 unspecified atom stereocenters. The van der Waals surface area contributed by atoms with E-state index < -0.39 is 0 Å². The Bertz CT molecular complexity index is 180. The molecule has 0 fully saturated rings. The summed E-state index contributed by atoms with van der Waals surface area (Å²) in [5.41, 5.74) is 0. The van der Waals surface area contributed by atoms with Crippen molar-refractivity contribution in [3.05, 3.63) is 18.1 Å². The van der Waals surface area contributed by atoms with Crippen LogP contribution in [0, 0.1) is 5.38 Å². The van der Waals surface area contributed by atoms with Crippen molar-refractivity contribution in [2.45, 2.75) is 0 Å². The Kier molecular flexibility index (Phi) is 8.24. The Labute approximate surface area is 106 Å².